The molecule has 14 heavy (non-hydrogen) atoms. The molecule has 0 fully saturated rings. The van der Waals surface area contributed by atoms with Gasteiger partial charge in [0, 0.05) is 6.54 Å². The molecule has 1 unspecified atom stereocenters. The van der Waals surface area contributed by atoms with E-state index in [1.807, 2.05) is 11.9 Å². The first-order valence-corrected chi connectivity index (χ1v) is 5.07. The first-order valence-electron chi connectivity index (χ1n) is 5.07. The van der Waals surface area contributed by atoms with Crippen LogP contribution in [0.4, 0.5) is 0 Å². The molecular formula is C10H22N2O2. The average Bonchev–Trinajstić information content (AvgIpc) is 2.14. The fourth-order valence-corrected chi connectivity index (χ4v) is 1.30. The van der Waals surface area contributed by atoms with Crippen LogP contribution in [0.25, 0.3) is 0 Å². The summed E-state index contributed by atoms with van der Waals surface area (Å²) in [6.45, 7) is 5.31. The summed E-state index contributed by atoms with van der Waals surface area (Å²) in [5, 5.41) is 11.9. The molecule has 0 bridgehead atoms. The SMILES string of the molecule is CCCCN(C)CC(C)(NC)C(=O)O. The van der Waals surface area contributed by atoms with Crippen LogP contribution < -0.4 is 5.32 Å². The molecule has 0 saturated carbocycles. The molecule has 0 aliphatic heterocycles. The van der Waals surface area contributed by atoms with E-state index in [0.29, 0.717) is 6.54 Å². The summed E-state index contributed by atoms with van der Waals surface area (Å²) < 4.78 is 0. The van der Waals surface area contributed by atoms with Gasteiger partial charge in [-0.2, -0.15) is 0 Å². The van der Waals surface area contributed by atoms with E-state index in [-0.39, 0.29) is 0 Å². The quantitative estimate of drug-likeness (QED) is 0.640. The largest absolute Gasteiger partial charge is 0.480 e. The zero-order valence-electron chi connectivity index (χ0n) is 9.63. The fourth-order valence-electron chi connectivity index (χ4n) is 1.30. The molecule has 2 N–H and O–H groups in total. The Morgan fingerprint density at radius 2 is 2.14 bits per heavy atom. The Labute approximate surface area is 86.3 Å². The second-order valence-electron chi connectivity index (χ2n) is 3.98. The number of nitrogens with one attached hydrogen (secondary N) is 1. The second kappa shape index (κ2) is 5.98. The maximum Gasteiger partial charge on any atom is 0.324 e. The van der Waals surface area contributed by atoms with E-state index >= 15 is 0 Å². The van der Waals surface area contributed by atoms with Crippen LogP contribution in [0.1, 0.15) is 26.7 Å². The highest BCUT2D eigenvalue weighted by molar-refractivity contribution is 5.78. The smallest absolute Gasteiger partial charge is 0.324 e. The number of rotatable bonds is 7. The Morgan fingerprint density at radius 1 is 1.57 bits per heavy atom. The van der Waals surface area contributed by atoms with Crippen LogP contribution in [0.2, 0.25) is 0 Å². The molecule has 0 aromatic carbocycles. The van der Waals surface area contributed by atoms with Crippen LogP contribution in [-0.4, -0.2) is 48.7 Å². The molecule has 0 aromatic rings. The minimum atomic E-state index is -0.845. The Balaban J connectivity index is 4.10. The van der Waals surface area contributed by atoms with Crippen LogP contribution in [0, 0.1) is 0 Å². The molecule has 0 aliphatic carbocycles. The molecule has 0 spiro atoms. The van der Waals surface area contributed by atoms with Crippen LogP contribution >= 0.6 is 0 Å². The molecule has 4 nitrogen and oxygen atoms in total. The summed E-state index contributed by atoms with van der Waals surface area (Å²) in [5.74, 6) is -0.802. The lowest BCUT2D eigenvalue weighted by Gasteiger charge is -2.29. The summed E-state index contributed by atoms with van der Waals surface area (Å²) in [5.41, 5.74) is -0.845. The molecule has 4 heteroatoms. The topological polar surface area (TPSA) is 52.6 Å². The van der Waals surface area contributed by atoms with Crippen LogP contribution in [0.3, 0.4) is 0 Å². The zero-order valence-corrected chi connectivity index (χ0v) is 9.63. The Hall–Kier alpha value is -0.610. The summed E-state index contributed by atoms with van der Waals surface area (Å²) in [6.07, 6.45) is 2.24. The Kier molecular flexibility index (Phi) is 5.72. The number of hydrogen-bond donors (Lipinski definition) is 2. The first kappa shape index (κ1) is 13.4. The van der Waals surface area contributed by atoms with Gasteiger partial charge in [-0.1, -0.05) is 13.3 Å². The van der Waals surface area contributed by atoms with Crippen molar-refractivity contribution in [3.63, 3.8) is 0 Å². The molecule has 0 radical (unpaired) electrons. The number of hydrogen-bond acceptors (Lipinski definition) is 3. The lowest BCUT2D eigenvalue weighted by atomic mass is 10.0. The van der Waals surface area contributed by atoms with Crippen molar-refractivity contribution in [2.75, 3.05) is 27.2 Å². The van der Waals surface area contributed by atoms with Crippen molar-refractivity contribution in [3.05, 3.63) is 0 Å². The highest BCUT2D eigenvalue weighted by atomic mass is 16.4. The molecule has 0 aromatic heterocycles. The maximum atomic E-state index is 11.0. The van der Waals surface area contributed by atoms with Crippen LogP contribution in [0.5, 0.6) is 0 Å². The Bertz CT molecular complexity index is 185. The summed E-state index contributed by atoms with van der Waals surface area (Å²) in [6, 6.07) is 0. The van der Waals surface area contributed by atoms with Gasteiger partial charge in [0.2, 0.25) is 0 Å². The van der Waals surface area contributed by atoms with Crippen molar-refractivity contribution in [3.8, 4) is 0 Å². The van der Waals surface area contributed by atoms with Crippen LogP contribution in [0.15, 0.2) is 0 Å². The van der Waals surface area contributed by atoms with Gasteiger partial charge in [-0.3, -0.25) is 4.79 Å². The second-order valence-corrected chi connectivity index (χ2v) is 3.98. The predicted octanol–water partition coefficient (Wildman–Crippen LogP) is 0.781. The number of carbonyl (C=O) groups is 1. The normalized spacial score (nSPS) is 15.5. The van der Waals surface area contributed by atoms with Gasteiger partial charge in [0.1, 0.15) is 5.54 Å². The lowest BCUT2D eigenvalue weighted by Crippen LogP contribution is -2.55. The molecule has 84 valence electrons. The predicted molar refractivity (Wildman–Crippen MR) is 57.5 cm³/mol. The van der Waals surface area contributed by atoms with Crippen molar-refractivity contribution in [2.45, 2.75) is 32.2 Å². The van der Waals surface area contributed by atoms with Crippen molar-refractivity contribution < 1.29 is 9.90 Å². The number of nitrogens with zero attached hydrogens (tertiary/aromatic N) is 1. The van der Waals surface area contributed by atoms with Gasteiger partial charge < -0.3 is 15.3 Å². The molecular weight excluding hydrogens is 180 g/mol. The number of likely N-dealkylation sites (N-methyl/N-ethyl adjacent to an activating group) is 2. The standard InChI is InChI=1S/C10H22N2O2/c1-5-6-7-12(4)8-10(2,11-3)9(13)14/h11H,5-8H2,1-4H3,(H,13,14). The minimum absolute atomic E-state index is 0.527. The van der Waals surface area contributed by atoms with E-state index in [0.717, 1.165) is 19.4 Å². The van der Waals surface area contributed by atoms with Crippen molar-refractivity contribution >= 4 is 5.97 Å². The number of aliphatic carboxylic acids is 1. The molecule has 0 heterocycles. The maximum absolute atomic E-state index is 11.0. The molecule has 0 rings (SSSR count). The van der Waals surface area contributed by atoms with E-state index in [2.05, 4.69) is 12.2 Å². The monoisotopic (exact) mass is 202 g/mol. The van der Waals surface area contributed by atoms with Crippen molar-refractivity contribution in [2.24, 2.45) is 0 Å². The lowest BCUT2D eigenvalue weighted by molar-refractivity contribution is -0.144. The highest BCUT2D eigenvalue weighted by Crippen LogP contribution is 2.06. The van der Waals surface area contributed by atoms with Crippen molar-refractivity contribution in [1.29, 1.82) is 0 Å². The van der Waals surface area contributed by atoms with E-state index in [9.17, 15) is 4.79 Å². The van der Waals surface area contributed by atoms with Gasteiger partial charge in [0.15, 0.2) is 0 Å². The van der Waals surface area contributed by atoms with Gasteiger partial charge in [0.05, 0.1) is 0 Å². The molecule has 1 atom stereocenters. The zero-order chi connectivity index (χ0) is 11.2. The third-order valence-corrected chi connectivity index (χ3v) is 2.50. The van der Waals surface area contributed by atoms with Gasteiger partial charge in [-0.25, -0.2) is 0 Å². The average molecular weight is 202 g/mol. The van der Waals surface area contributed by atoms with E-state index in [1.165, 1.54) is 0 Å². The van der Waals surface area contributed by atoms with Gasteiger partial charge in [-0.15, -0.1) is 0 Å². The highest BCUT2D eigenvalue weighted by Gasteiger charge is 2.32. The molecule has 0 amide bonds. The van der Waals surface area contributed by atoms with Gasteiger partial charge in [0.25, 0.3) is 0 Å². The number of carboxylic acid groups (broad SMARTS) is 1. The Morgan fingerprint density at radius 3 is 2.50 bits per heavy atom. The summed E-state index contributed by atoms with van der Waals surface area (Å²) in [4.78, 5) is 13.0. The minimum Gasteiger partial charge on any atom is -0.480 e. The molecule has 0 saturated heterocycles. The van der Waals surface area contributed by atoms with Crippen molar-refractivity contribution in [1.82, 2.24) is 10.2 Å². The van der Waals surface area contributed by atoms with Crippen LogP contribution in [-0.2, 0) is 4.79 Å². The van der Waals surface area contributed by atoms with Gasteiger partial charge >= 0.3 is 5.97 Å². The number of unbranched alkanes of at least 4 members (excludes halogenated alkanes) is 1. The van der Waals surface area contributed by atoms with E-state index in [4.69, 9.17) is 5.11 Å². The fraction of sp³-hybridized carbons (Fsp3) is 0.900. The van der Waals surface area contributed by atoms with E-state index < -0.39 is 11.5 Å². The third kappa shape index (κ3) is 4.07. The summed E-state index contributed by atoms with van der Waals surface area (Å²) >= 11 is 0. The van der Waals surface area contributed by atoms with Gasteiger partial charge in [-0.05, 0) is 34.0 Å². The first-order chi connectivity index (χ1) is 6.46. The number of carboxylic acids is 1. The summed E-state index contributed by atoms with van der Waals surface area (Å²) in [7, 11) is 3.63. The molecule has 0 aliphatic rings. The van der Waals surface area contributed by atoms with E-state index in [1.54, 1.807) is 14.0 Å². The third-order valence-electron chi connectivity index (χ3n) is 2.50.